The first-order valence-corrected chi connectivity index (χ1v) is 5.03. The van der Waals surface area contributed by atoms with Gasteiger partial charge in [-0.05, 0) is 13.3 Å². The predicted octanol–water partition coefficient (Wildman–Crippen LogP) is 1.22. The topological polar surface area (TPSA) is 44.4 Å². The van der Waals surface area contributed by atoms with Crippen LogP contribution in [-0.2, 0) is 4.79 Å². The first kappa shape index (κ1) is 13.1. The molecule has 0 radical (unpaired) electrons. The van der Waals surface area contributed by atoms with Gasteiger partial charge in [0.25, 0.3) is 5.91 Å². The van der Waals surface area contributed by atoms with Crippen LogP contribution in [0.15, 0.2) is 11.6 Å². The van der Waals surface area contributed by atoms with Crippen molar-refractivity contribution in [1.82, 2.24) is 16.0 Å². The molecule has 0 atom stereocenters. The Bertz CT molecular complexity index is 198. The van der Waals surface area contributed by atoms with Crippen LogP contribution < -0.4 is 10.9 Å². The highest BCUT2D eigenvalue weighted by molar-refractivity contribution is 5.92. The molecule has 0 aliphatic carbocycles. The first-order valence-electron chi connectivity index (χ1n) is 5.03. The van der Waals surface area contributed by atoms with E-state index >= 15 is 0 Å². The van der Waals surface area contributed by atoms with Crippen molar-refractivity contribution in [3.63, 3.8) is 0 Å². The molecule has 0 aromatic heterocycles. The number of rotatable bonds is 6. The highest BCUT2D eigenvalue weighted by atomic mass is 16.2. The molecule has 0 heterocycles. The average Bonchev–Trinajstić information content (AvgIpc) is 2.19. The Morgan fingerprint density at radius 1 is 1.36 bits per heavy atom. The number of unbranched alkanes of at least 4 members (excludes halogenated alkanes) is 2. The number of carbonyl (C=O) groups excluding carboxylic acids is 1. The number of hydrogen-bond donors (Lipinski definition) is 2. The van der Waals surface area contributed by atoms with E-state index in [0.29, 0.717) is 0 Å². The minimum Gasteiger partial charge on any atom is -0.267 e. The molecule has 0 aromatic rings. The predicted molar refractivity (Wildman–Crippen MR) is 58.2 cm³/mol. The molecule has 0 aliphatic rings. The molecule has 14 heavy (non-hydrogen) atoms. The number of amides is 1. The van der Waals surface area contributed by atoms with Crippen LogP contribution in [0.4, 0.5) is 0 Å². The van der Waals surface area contributed by atoms with E-state index in [2.05, 4.69) is 17.8 Å². The fourth-order valence-electron chi connectivity index (χ4n) is 1.10. The molecule has 2 N–H and O–H groups in total. The Balaban J connectivity index is 4.14. The molecule has 4 heteroatoms. The van der Waals surface area contributed by atoms with E-state index in [9.17, 15) is 4.79 Å². The van der Waals surface area contributed by atoms with Gasteiger partial charge in [0, 0.05) is 19.7 Å². The van der Waals surface area contributed by atoms with Gasteiger partial charge in [0.1, 0.15) is 0 Å². The Morgan fingerprint density at radius 3 is 2.36 bits per heavy atom. The van der Waals surface area contributed by atoms with Crippen LogP contribution in [0.1, 0.15) is 33.1 Å². The van der Waals surface area contributed by atoms with E-state index in [1.54, 1.807) is 14.1 Å². The van der Waals surface area contributed by atoms with Gasteiger partial charge < -0.3 is 0 Å². The fourth-order valence-corrected chi connectivity index (χ4v) is 1.10. The first-order chi connectivity index (χ1) is 6.67. The summed E-state index contributed by atoms with van der Waals surface area (Å²) in [5.41, 5.74) is 6.28. The van der Waals surface area contributed by atoms with Crippen LogP contribution in [0.2, 0.25) is 0 Å². The maximum absolute atomic E-state index is 11.6. The summed E-state index contributed by atoms with van der Waals surface area (Å²) in [6, 6.07) is 0. The molecule has 4 nitrogen and oxygen atoms in total. The number of hydrogen-bond acceptors (Lipinski definition) is 3. The van der Waals surface area contributed by atoms with E-state index in [4.69, 9.17) is 0 Å². The third-order valence-corrected chi connectivity index (χ3v) is 2.00. The van der Waals surface area contributed by atoms with Crippen molar-refractivity contribution >= 4 is 5.91 Å². The van der Waals surface area contributed by atoms with Crippen LogP contribution in [0.25, 0.3) is 0 Å². The number of nitrogens with one attached hydrogen (secondary N) is 2. The summed E-state index contributed by atoms with van der Waals surface area (Å²) in [5.74, 6) is -0.0360. The highest BCUT2D eigenvalue weighted by Crippen LogP contribution is 2.02. The zero-order valence-corrected chi connectivity index (χ0v) is 9.55. The summed E-state index contributed by atoms with van der Waals surface area (Å²) >= 11 is 0. The van der Waals surface area contributed by atoms with E-state index < -0.39 is 0 Å². The Hall–Kier alpha value is -0.870. The molecule has 82 valence electrons. The molecular weight excluding hydrogens is 178 g/mol. The van der Waals surface area contributed by atoms with Gasteiger partial charge in [-0.25, -0.2) is 16.0 Å². The van der Waals surface area contributed by atoms with Crippen LogP contribution in [0.5, 0.6) is 0 Å². The summed E-state index contributed by atoms with van der Waals surface area (Å²) in [7, 11) is 3.40. The van der Waals surface area contributed by atoms with E-state index in [1.165, 1.54) is 5.12 Å². The van der Waals surface area contributed by atoms with E-state index in [0.717, 1.165) is 24.8 Å². The molecule has 0 aliphatic heterocycles. The van der Waals surface area contributed by atoms with Crippen LogP contribution in [0, 0.1) is 0 Å². The molecule has 0 rings (SSSR count). The third kappa shape index (κ3) is 4.39. The fraction of sp³-hybridized carbons (Fsp3) is 0.700. The Kier molecular flexibility index (Phi) is 7.06. The lowest BCUT2D eigenvalue weighted by molar-refractivity contribution is -0.132. The summed E-state index contributed by atoms with van der Waals surface area (Å²) < 4.78 is 0. The second kappa shape index (κ2) is 7.53. The molecule has 0 bridgehead atoms. The maximum Gasteiger partial charge on any atom is 0.278 e. The van der Waals surface area contributed by atoms with E-state index in [1.807, 2.05) is 13.0 Å². The van der Waals surface area contributed by atoms with Crippen molar-refractivity contribution in [1.29, 1.82) is 0 Å². The minimum absolute atomic E-state index is 0.0360. The summed E-state index contributed by atoms with van der Waals surface area (Å²) in [6.07, 6.45) is 5.23. The van der Waals surface area contributed by atoms with Gasteiger partial charge in [0.2, 0.25) is 0 Å². The van der Waals surface area contributed by atoms with Crippen LogP contribution in [-0.4, -0.2) is 25.1 Å². The summed E-state index contributed by atoms with van der Waals surface area (Å²) in [6.45, 7) is 3.97. The van der Waals surface area contributed by atoms with Crippen molar-refractivity contribution in [3.05, 3.63) is 11.6 Å². The minimum atomic E-state index is -0.0360. The normalized spacial score (nSPS) is 11.6. The van der Waals surface area contributed by atoms with Gasteiger partial charge in [-0.3, -0.25) is 4.79 Å². The highest BCUT2D eigenvalue weighted by Gasteiger charge is 2.10. The van der Waals surface area contributed by atoms with Crippen LogP contribution in [0.3, 0.4) is 0 Å². The summed E-state index contributed by atoms with van der Waals surface area (Å²) in [4.78, 5) is 11.6. The zero-order chi connectivity index (χ0) is 11.0. The largest absolute Gasteiger partial charge is 0.278 e. The lowest BCUT2D eigenvalue weighted by atomic mass is 10.2. The molecule has 0 unspecified atom stereocenters. The van der Waals surface area contributed by atoms with Gasteiger partial charge in [0.05, 0.1) is 0 Å². The van der Waals surface area contributed by atoms with Gasteiger partial charge in [-0.1, -0.05) is 25.8 Å². The second-order valence-corrected chi connectivity index (χ2v) is 3.12. The number of carbonyl (C=O) groups is 1. The standard InChI is InChI=1S/C10H21N3O/c1-5-6-7-8-9(2)10(14)13(11-3)12-4/h8,11-12H,5-7H2,1-4H3. The number of allylic oxidation sites excluding steroid dienone is 1. The monoisotopic (exact) mass is 199 g/mol. The third-order valence-electron chi connectivity index (χ3n) is 2.00. The average molecular weight is 199 g/mol. The molecule has 0 aromatic carbocycles. The summed E-state index contributed by atoms with van der Waals surface area (Å²) in [5, 5.41) is 1.36. The smallest absolute Gasteiger partial charge is 0.267 e. The Labute approximate surface area is 86.3 Å². The molecule has 0 spiro atoms. The molecular formula is C10H21N3O. The number of hydrazine groups is 2. The van der Waals surface area contributed by atoms with Crippen molar-refractivity contribution in [2.45, 2.75) is 33.1 Å². The lowest BCUT2D eigenvalue weighted by Gasteiger charge is -2.19. The van der Waals surface area contributed by atoms with Gasteiger partial charge in [-0.2, -0.15) is 0 Å². The van der Waals surface area contributed by atoms with Crippen LogP contribution >= 0.6 is 0 Å². The molecule has 0 fully saturated rings. The van der Waals surface area contributed by atoms with Crippen molar-refractivity contribution in [3.8, 4) is 0 Å². The second-order valence-electron chi connectivity index (χ2n) is 3.12. The Morgan fingerprint density at radius 2 is 1.93 bits per heavy atom. The molecule has 1 amide bonds. The van der Waals surface area contributed by atoms with Crippen molar-refractivity contribution in [2.24, 2.45) is 0 Å². The van der Waals surface area contributed by atoms with Crippen molar-refractivity contribution < 1.29 is 4.79 Å². The molecule has 0 saturated heterocycles. The maximum atomic E-state index is 11.6. The molecule has 0 saturated carbocycles. The SMILES string of the molecule is CCCCC=C(C)C(=O)N(NC)NC. The van der Waals surface area contributed by atoms with Gasteiger partial charge >= 0.3 is 0 Å². The lowest BCUT2D eigenvalue weighted by Crippen LogP contribution is -2.48. The van der Waals surface area contributed by atoms with Gasteiger partial charge in [-0.15, -0.1) is 0 Å². The quantitative estimate of drug-likeness (QED) is 0.384. The van der Waals surface area contributed by atoms with E-state index in [-0.39, 0.29) is 5.91 Å². The zero-order valence-electron chi connectivity index (χ0n) is 9.55. The van der Waals surface area contributed by atoms with Gasteiger partial charge in [0.15, 0.2) is 0 Å². The number of nitrogens with zero attached hydrogens (tertiary/aromatic N) is 1. The van der Waals surface area contributed by atoms with Crippen molar-refractivity contribution in [2.75, 3.05) is 14.1 Å².